The maximum atomic E-state index is 12.9. The first-order valence-corrected chi connectivity index (χ1v) is 11.0. The Hall–Kier alpha value is -2.46. The Morgan fingerprint density at radius 1 is 1.17 bits per heavy atom. The van der Waals surface area contributed by atoms with Crippen LogP contribution in [0.4, 0.5) is 5.69 Å². The summed E-state index contributed by atoms with van der Waals surface area (Å²) in [4.78, 5) is 24.2. The van der Waals surface area contributed by atoms with Crippen molar-refractivity contribution in [1.82, 2.24) is 4.31 Å². The van der Waals surface area contributed by atoms with Gasteiger partial charge in [0.2, 0.25) is 10.0 Å². The Kier molecular flexibility index (Phi) is 7.09. The van der Waals surface area contributed by atoms with E-state index in [1.165, 1.54) is 22.5 Å². The first-order chi connectivity index (χ1) is 14.3. The Morgan fingerprint density at radius 3 is 2.57 bits per heavy atom. The van der Waals surface area contributed by atoms with Crippen LogP contribution in [0.2, 0.25) is 5.02 Å². The topological polar surface area (TPSA) is 102 Å². The van der Waals surface area contributed by atoms with Gasteiger partial charge in [-0.05, 0) is 36.8 Å². The van der Waals surface area contributed by atoms with Gasteiger partial charge in [-0.1, -0.05) is 29.8 Å². The summed E-state index contributed by atoms with van der Waals surface area (Å²) in [6.45, 7) is 2.31. The van der Waals surface area contributed by atoms with Crippen molar-refractivity contribution in [3.05, 3.63) is 58.6 Å². The largest absolute Gasteiger partial charge is 0.452 e. The van der Waals surface area contributed by atoms with Crippen molar-refractivity contribution in [2.45, 2.75) is 11.8 Å². The number of rotatable bonds is 6. The van der Waals surface area contributed by atoms with Crippen LogP contribution in [0, 0.1) is 6.92 Å². The molecular weight excluding hydrogens is 432 g/mol. The Labute approximate surface area is 179 Å². The molecule has 1 heterocycles. The lowest BCUT2D eigenvalue weighted by Crippen LogP contribution is -2.40. The average molecular weight is 453 g/mol. The molecule has 0 spiro atoms. The van der Waals surface area contributed by atoms with E-state index in [-0.39, 0.29) is 28.7 Å². The van der Waals surface area contributed by atoms with E-state index < -0.39 is 28.5 Å². The number of sulfonamides is 1. The van der Waals surface area contributed by atoms with Crippen LogP contribution in [-0.2, 0) is 24.3 Å². The molecule has 10 heteroatoms. The Balaban J connectivity index is 1.67. The van der Waals surface area contributed by atoms with Gasteiger partial charge in [0.05, 0.1) is 23.8 Å². The molecule has 160 valence electrons. The Morgan fingerprint density at radius 2 is 1.87 bits per heavy atom. The molecule has 0 atom stereocenters. The monoisotopic (exact) mass is 452 g/mol. The molecule has 0 radical (unpaired) electrons. The molecular formula is C20H21ClN2O6S. The number of hydrogen-bond donors (Lipinski definition) is 1. The van der Waals surface area contributed by atoms with Gasteiger partial charge >= 0.3 is 5.97 Å². The van der Waals surface area contributed by atoms with Crippen molar-refractivity contribution in [1.29, 1.82) is 0 Å². The van der Waals surface area contributed by atoms with Crippen molar-refractivity contribution in [2.75, 3.05) is 38.2 Å². The van der Waals surface area contributed by atoms with E-state index in [1.807, 2.05) is 0 Å². The third kappa shape index (κ3) is 5.17. The van der Waals surface area contributed by atoms with Crippen molar-refractivity contribution in [3.8, 4) is 0 Å². The quantitative estimate of drug-likeness (QED) is 0.675. The van der Waals surface area contributed by atoms with Gasteiger partial charge in [0.15, 0.2) is 6.61 Å². The van der Waals surface area contributed by atoms with E-state index in [0.29, 0.717) is 18.8 Å². The van der Waals surface area contributed by atoms with Crippen molar-refractivity contribution >= 4 is 39.2 Å². The third-order valence-electron chi connectivity index (χ3n) is 4.50. The van der Waals surface area contributed by atoms with Gasteiger partial charge < -0.3 is 14.8 Å². The number of carbonyl (C=O) groups excluding carboxylic acids is 2. The number of morpholine rings is 1. The molecule has 1 fully saturated rings. The zero-order valence-electron chi connectivity index (χ0n) is 16.3. The molecule has 3 rings (SSSR count). The number of esters is 1. The second-order valence-corrected chi connectivity index (χ2v) is 8.91. The predicted molar refractivity (Wildman–Crippen MR) is 111 cm³/mol. The molecule has 30 heavy (non-hydrogen) atoms. The van der Waals surface area contributed by atoms with Gasteiger partial charge in [-0.2, -0.15) is 4.31 Å². The van der Waals surface area contributed by atoms with E-state index in [4.69, 9.17) is 21.1 Å². The number of carbonyl (C=O) groups is 2. The van der Waals surface area contributed by atoms with E-state index in [2.05, 4.69) is 5.32 Å². The SMILES string of the molecule is Cc1ccccc1C(=O)OCC(=O)Nc1ccc(Cl)c(S(=O)(=O)N2CCOCC2)c1. The molecule has 0 aliphatic carbocycles. The molecule has 0 unspecified atom stereocenters. The fraction of sp³-hybridized carbons (Fsp3) is 0.300. The maximum Gasteiger partial charge on any atom is 0.338 e. The highest BCUT2D eigenvalue weighted by molar-refractivity contribution is 7.89. The number of hydrogen-bond acceptors (Lipinski definition) is 6. The third-order valence-corrected chi connectivity index (χ3v) is 6.88. The predicted octanol–water partition coefficient (Wildman–Crippen LogP) is 2.46. The second kappa shape index (κ2) is 9.57. The lowest BCUT2D eigenvalue weighted by Gasteiger charge is -2.26. The van der Waals surface area contributed by atoms with Gasteiger partial charge in [-0.3, -0.25) is 4.79 Å². The molecule has 1 saturated heterocycles. The minimum Gasteiger partial charge on any atom is -0.452 e. The first-order valence-electron chi connectivity index (χ1n) is 9.19. The number of benzene rings is 2. The van der Waals surface area contributed by atoms with Crippen molar-refractivity contribution in [2.24, 2.45) is 0 Å². The lowest BCUT2D eigenvalue weighted by atomic mass is 10.1. The highest BCUT2D eigenvalue weighted by Crippen LogP contribution is 2.28. The highest BCUT2D eigenvalue weighted by atomic mass is 35.5. The van der Waals surface area contributed by atoms with Crippen LogP contribution < -0.4 is 5.32 Å². The van der Waals surface area contributed by atoms with Crippen LogP contribution >= 0.6 is 11.6 Å². The van der Waals surface area contributed by atoms with E-state index in [9.17, 15) is 18.0 Å². The van der Waals surface area contributed by atoms with Gasteiger partial charge in [0.1, 0.15) is 4.90 Å². The minimum absolute atomic E-state index is 0.0467. The maximum absolute atomic E-state index is 12.9. The highest BCUT2D eigenvalue weighted by Gasteiger charge is 2.28. The fourth-order valence-corrected chi connectivity index (χ4v) is 4.82. The number of ether oxygens (including phenoxy) is 2. The molecule has 1 aliphatic rings. The van der Waals surface area contributed by atoms with Gasteiger partial charge in [-0.25, -0.2) is 13.2 Å². The van der Waals surface area contributed by atoms with Gasteiger partial charge in [0.25, 0.3) is 5.91 Å². The van der Waals surface area contributed by atoms with Crippen LogP contribution in [0.25, 0.3) is 0 Å². The summed E-state index contributed by atoms with van der Waals surface area (Å²) >= 11 is 6.10. The fourth-order valence-electron chi connectivity index (χ4n) is 2.91. The molecule has 0 saturated carbocycles. The van der Waals surface area contributed by atoms with Gasteiger partial charge in [-0.15, -0.1) is 0 Å². The lowest BCUT2D eigenvalue weighted by molar-refractivity contribution is -0.119. The van der Waals surface area contributed by atoms with Crippen LogP contribution in [0.3, 0.4) is 0 Å². The smallest absolute Gasteiger partial charge is 0.338 e. The number of amides is 1. The second-order valence-electron chi connectivity index (χ2n) is 6.60. The van der Waals surface area contributed by atoms with Crippen LogP contribution in [0.1, 0.15) is 15.9 Å². The molecule has 0 bridgehead atoms. The minimum atomic E-state index is -3.83. The standard InChI is InChI=1S/C20H21ClN2O6S/c1-14-4-2-3-5-16(14)20(25)29-13-19(24)22-15-6-7-17(21)18(12-15)30(26,27)23-8-10-28-11-9-23/h2-7,12H,8-11,13H2,1H3,(H,22,24). The van der Waals surface area contributed by atoms with Crippen molar-refractivity contribution < 1.29 is 27.5 Å². The normalized spacial score (nSPS) is 14.9. The van der Waals surface area contributed by atoms with Crippen molar-refractivity contribution in [3.63, 3.8) is 0 Å². The number of anilines is 1. The summed E-state index contributed by atoms with van der Waals surface area (Å²) in [6, 6.07) is 11.0. The van der Waals surface area contributed by atoms with E-state index in [0.717, 1.165) is 5.56 Å². The summed E-state index contributed by atoms with van der Waals surface area (Å²) in [5.74, 6) is -1.22. The summed E-state index contributed by atoms with van der Waals surface area (Å²) in [6.07, 6.45) is 0. The molecule has 8 nitrogen and oxygen atoms in total. The average Bonchev–Trinajstić information content (AvgIpc) is 2.74. The number of nitrogens with one attached hydrogen (secondary N) is 1. The molecule has 1 amide bonds. The first kappa shape index (κ1) is 22.2. The summed E-state index contributed by atoms with van der Waals surface area (Å²) in [5, 5.41) is 2.57. The molecule has 1 aliphatic heterocycles. The van der Waals surface area contributed by atoms with E-state index in [1.54, 1.807) is 31.2 Å². The molecule has 2 aromatic carbocycles. The zero-order valence-corrected chi connectivity index (χ0v) is 17.8. The number of halogens is 1. The molecule has 1 N–H and O–H groups in total. The Bertz CT molecular complexity index is 1050. The number of nitrogens with zero attached hydrogens (tertiary/aromatic N) is 1. The summed E-state index contributed by atoms with van der Waals surface area (Å²) in [5.41, 5.74) is 1.33. The van der Waals surface area contributed by atoms with Crippen LogP contribution in [0.15, 0.2) is 47.4 Å². The van der Waals surface area contributed by atoms with E-state index >= 15 is 0 Å². The van der Waals surface area contributed by atoms with Gasteiger partial charge in [0, 0.05) is 18.8 Å². The molecule has 0 aromatic heterocycles. The summed E-state index contributed by atoms with van der Waals surface area (Å²) < 4.78 is 37.2. The van der Waals surface area contributed by atoms with Crippen LogP contribution in [0.5, 0.6) is 0 Å². The zero-order chi connectivity index (χ0) is 21.7. The summed E-state index contributed by atoms with van der Waals surface area (Å²) in [7, 11) is -3.83. The number of aryl methyl sites for hydroxylation is 1. The molecule has 2 aromatic rings. The van der Waals surface area contributed by atoms with Crippen LogP contribution in [-0.4, -0.2) is 57.5 Å².